The first-order chi connectivity index (χ1) is 33.9. The summed E-state index contributed by atoms with van der Waals surface area (Å²) in [5.74, 6) is -1.27. The molecule has 5 aliphatic rings. The number of carboxylic acids is 1. The number of hydrogen-bond acceptors (Lipinski definition) is 14. The van der Waals surface area contributed by atoms with Crippen LogP contribution in [-0.2, 0) is 60.9 Å². The van der Waals surface area contributed by atoms with Gasteiger partial charge >= 0.3 is 48.7 Å². The van der Waals surface area contributed by atoms with Gasteiger partial charge in [-0.1, -0.05) is 68.1 Å². The van der Waals surface area contributed by atoms with Crippen molar-refractivity contribution >= 4 is 35.6 Å². The zero-order valence-corrected chi connectivity index (χ0v) is 45.9. The summed E-state index contributed by atoms with van der Waals surface area (Å²) in [6.07, 6.45) is 13.4. The second kappa shape index (κ2) is 35.3. The van der Waals surface area contributed by atoms with Crippen LogP contribution in [-0.4, -0.2) is 96.8 Å². The van der Waals surface area contributed by atoms with E-state index in [1.54, 1.807) is 13.8 Å². The summed E-state index contributed by atoms with van der Waals surface area (Å²) in [5, 5.41) is 47.4. The van der Waals surface area contributed by atoms with Crippen LogP contribution in [0.1, 0.15) is 189 Å². The summed E-state index contributed by atoms with van der Waals surface area (Å²) in [4.78, 5) is 67.6. The first-order valence-corrected chi connectivity index (χ1v) is 26.3. The van der Waals surface area contributed by atoms with E-state index in [0.29, 0.717) is 116 Å². The second-order valence-corrected chi connectivity index (χ2v) is 21.4. The van der Waals surface area contributed by atoms with E-state index >= 15 is 0 Å². The van der Waals surface area contributed by atoms with Crippen LogP contribution in [0.25, 0.3) is 0 Å². The quantitative estimate of drug-likeness (QED) is 0.0645. The molecule has 0 aliphatic heterocycles. The zero-order valence-electron chi connectivity index (χ0n) is 45.9. The van der Waals surface area contributed by atoms with E-state index in [1.807, 2.05) is 88.4 Å². The average Bonchev–Trinajstić information content (AvgIpc) is 3.34. The summed E-state index contributed by atoms with van der Waals surface area (Å²) in [5.41, 5.74) is -0.372. The van der Waals surface area contributed by atoms with Crippen molar-refractivity contribution in [3.8, 4) is 0 Å². The SMILES string of the molecule is C.CC1(O)CCC(C(=O)O)CC1.CC1(O)CCC(C(=O)OCc2ccccc2)CC1.CC1(O)CCC(C(=O)OCc2ccccc2)CC1.CCOC(=O)C1CCC(=O)CC1.CCOC(=O)C1CCC(C)(O)CC1.[CH3-].[Li+]. The van der Waals surface area contributed by atoms with E-state index in [9.17, 15) is 49.2 Å². The van der Waals surface area contributed by atoms with E-state index in [4.69, 9.17) is 24.1 Å². The van der Waals surface area contributed by atoms with Crippen molar-refractivity contribution in [2.45, 2.75) is 213 Å². The van der Waals surface area contributed by atoms with Gasteiger partial charge in [0.2, 0.25) is 0 Å². The maximum atomic E-state index is 11.9. The summed E-state index contributed by atoms with van der Waals surface area (Å²) < 4.78 is 20.4. The molecule has 0 bridgehead atoms. The smallest absolute Gasteiger partial charge is 0.481 e. The number of ether oxygens (including phenoxy) is 4. The normalized spacial score (nSPS) is 28.0. The summed E-state index contributed by atoms with van der Waals surface area (Å²) in [6.45, 7) is 12.4. The molecule has 16 heteroatoms. The van der Waals surface area contributed by atoms with Gasteiger partial charge in [0, 0.05) is 12.8 Å². The Hall–Kier alpha value is -4.10. The van der Waals surface area contributed by atoms with Crippen LogP contribution in [0.15, 0.2) is 60.7 Å². The van der Waals surface area contributed by atoms with Gasteiger partial charge in [-0.15, -0.1) is 0 Å². The Labute approximate surface area is 460 Å². The number of Topliss-reactive ketones (excluding diaryl/α,β-unsaturated/α-hetero) is 1. The fourth-order valence-corrected chi connectivity index (χ4v) is 9.30. The van der Waals surface area contributed by atoms with Gasteiger partial charge in [-0.25, -0.2) is 0 Å². The predicted molar refractivity (Wildman–Crippen MR) is 284 cm³/mol. The van der Waals surface area contributed by atoms with Gasteiger partial charge in [-0.3, -0.25) is 28.8 Å². The Kier molecular flexibility index (Phi) is 33.4. The number of ketones is 1. The number of hydrogen-bond donors (Lipinski definition) is 5. The predicted octanol–water partition coefficient (Wildman–Crippen LogP) is 7.24. The fourth-order valence-electron chi connectivity index (χ4n) is 9.30. The van der Waals surface area contributed by atoms with Crippen molar-refractivity contribution in [3.63, 3.8) is 0 Å². The minimum absolute atomic E-state index is 0. The third kappa shape index (κ3) is 28.7. The molecule has 0 heterocycles. The minimum Gasteiger partial charge on any atom is -0.481 e. The van der Waals surface area contributed by atoms with E-state index in [-0.39, 0.29) is 93.0 Å². The zero-order chi connectivity index (χ0) is 53.4. The molecule has 0 aromatic heterocycles. The number of carboxylic acid groups (broad SMARTS) is 1. The van der Waals surface area contributed by atoms with Gasteiger partial charge in [0.1, 0.15) is 19.0 Å². The Morgan fingerprint density at radius 1 is 0.453 bits per heavy atom. The van der Waals surface area contributed by atoms with E-state index in [0.717, 1.165) is 49.7 Å². The molecule has 0 unspecified atom stereocenters. The summed E-state index contributed by atoms with van der Waals surface area (Å²) in [6, 6.07) is 19.4. The van der Waals surface area contributed by atoms with Gasteiger partial charge in [-0.05, 0) is 168 Å². The third-order valence-corrected chi connectivity index (χ3v) is 14.5. The van der Waals surface area contributed by atoms with Crippen molar-refractivity contribution in [1.82, 2.24) is 0 Å². The Balaban J connectivity index is 0.000000917. The minimum atomic E-state index is -0.722. The van der Waals surface area contributed by atoms with Crippen molar-refractivity contribution in [2.24, 2.45) is 29.6 Å². The number of benzene rings is 2. The van der Waals surface area contributed by atoms with Crippen LogP contribution in [0.5, 0.6) is 0 Å². The van der Waals surface area contributed by atoms with Crippen LogP contribution in [0.2, 0.25) is 0 Å². The van der Waals surface area contributed by atoms with Crippen LogP contribution in [0.3, 0.4) is 0 Å². The van der Waals surface area contributed by atoms with Gasteiger partial charge < -0.3 is 51.9 Å². The number of carbonyl (C=O) groups is 6. The molecule has 5 saturated carbocycles. The largest absolute Gasteiger partial charge is 1.00 e. The number of rotatable bonds is 11. The maximum Gasteiger partial charge on any atom is 1.00 e. The molecule has 5 N–H and O–H groups in total. The summed E-state index contributed by atoms with van der Waals surface area (Å²) >= 11 is 0. The molecular weight excluding hydrogens is 956 g/mol. The molecule has 2 aromatic carbocycles. The standard InChI is InChI=1S/2C15H20O3.C10H18O3.C9H14O3.C8H14O3.CH4.CH3.Li/c2*1-15(17)9-7-13(8-10-15)14(16)18-11-12-5-3-2-4-6-12;1-3-13-9(11)8-4-6-10(2,12)7-5-8;1-2-12-9(11)7-3-5-8(10)6-4-7;1-8(11)4-2-6(3-5-8)7(9)10;;;/h2*2-6,13,17H,7-11H2,1H3;8,12H,3-7H2,1-2H3;7H,2-6H2,1H3;6,11H,2-5H2,1H3,(H,9,10);1H4;1H3;/q;;;;;;-1;+1. The Morgan fingerprint density at radius 3 is 0.947 bits per heavy atom. The van der Waals surface area contributed by atoms with Crippen LogP contribution < -0.4 is 18.9 Å². The fraction of sp³-hybridized carbons (Fsp3) is 0.678. The number of esters is 4. The molecule has 0 spiro atoms. The molecule has 75 heavy (non-hydrogen) atoms. The van der Waals surface area contributed by atoms with Gasteiger partial charge in [0.25, 0.3) is 0 Å². The van der Waals surface area contributed by atoms with Crippen LogP contribution >= 0.6 is 0 Å². The Morgan fingerprint density at radius 2 is 0.693 bits per heavy atom. The molecule has 0 atom stereocenters. The van der Waals surface area contributed by atoms with E-state index in [2.05, 4.69) is 0 Å². The molecule has 15 nitrogen and oxygen atoms in total. The van der Waals surface area contributed by atoms with Gasteiger partial charge in [-0.2, -0.15) is 0 Å². The average molecular weight is 1050 g/mol. The molecule has 7 rings (SSSR count). The topological polar surface area (TPSA) is 240 Å². The molecule has 5 aliphatic carbocycles. The maximum absolute atomic E-state index is 11.9. The van der Waals surface area contributed by atoms with E-state index in [1.165, 1.54) is 0 Å². The first-order valence-electron chi connectivity index (χ1n) is 26.3. The molecule has 0 saturated heterocycles. The second-order valence-electron chi connectivity index (χ2n) is 21.4. The van der Waals surface area contributed by atoms with Crippen LogP contribution in [0, 0.1) is 37.0 Å². The van der Waals surface area contributed by atoms with Crippen LogP contribution in [0.4, 0.5) is 0 Å². The van der Waals surface area contributed by atoms with Crippen molar-refractivity contribution in [1.29, 1.82) is 0 Å². The molecule has 2 aromatic rings. The monoisotopic (exact) mass is 1050 g/mol. The number of aliphatic hydroxyl groups is 4. The van der Waals surface area contributed by atoms with Crippen molar-refractivity contribution in [3.05, 3.63) is 79.2 Å². The molecule has 0 amide bonds. The molecule has 5 fully saturated rings. The number of carbonyl (C=O) groups excluding carboxylic acids is 5. The van der Waals surface area contributed by atoms with E-state index < -0.39 is 28.4 Å². The van der Waals surface area contributed by atoms with Gasteiger partial charge in [0.05, 0.1) is 65.2 Å². The van der Waals surface area contributed by atoms with Crippen molar-refractivity contribution in [2.75, 3.05) is 13.2 Å². The molecular formula is C59H93LiO15. The molecule has 0 radical (unpaired) electrons. The first kappa shape index (κ1) is 70.9. The third-order valence-electron chi connectivity index (χ3n) is 14.5. The number of aliphatic carboxylic acids is 1. The van der Waals surface area contributed by atoms with Crippen molar-refractivity contribution < 1.29 is 92.1 Å². The summed E-state index contributed by atoms with van der Waals surface area (Å²) in [7, 11) is 0. The molecule has 420 valence electrons. The Bertz CT molecular complexity index is 1840. The van der Waals surface area contributed by atoms with Gasteiger partial charge in [0.15, 0.2) is 0 Å².